The Kier molecular flexibility index (Phi) is 3.88. The van der Waals surface area contributed by atoms with Gasteiger partial charge < -0.3 is 0 Å². The summed E-state index contributed by atoms with van der Waals surface area (Å²) >= 11 is 0. The van der Waals surface area contributed by atoms with E-state index in [1.165, 1.54) is 5.57 Å². The van der Waals surface area contributed by atoms with Crippen molar-refractivity contribution in [2.45, 2.75) is 31.6 Å². The molecule has 0 N–H and O–H groups in total. The molecule has 1 aliphatic rings. The minimum absolute atomic E-state index is 0.400. The predicted octanol–water partition coefficient (Wildman–Crippen LogP) is 2.73. The third kappa shape index (κ3) is 2.65. The Balaban J connectivity index is 2.20. The van der Waals surface area contributed by atoms with Crippen molar-refractivity contribution in [1.29, 1.82) is 0 Å². The highest BCUT2D eigenvalue weighted by atomic mass is 32.2. The first-order valence-electron chi connectivity index (χ1n) is 6.25. The minimum Gasteiger partial charge on any atom is -0.207 e. The molecule has 1 aromatic rings. The van der Waals surface area contributed by atoms with Crippen LogP contribution in [0.1, 0.15) is 25.3 Å². The molecule has 18 heavy (non-hydrogen) atoms. The molecular formula is C14H19NO2S. The Labute approximate surface area is 109 Å². The predicted molar refractivity (Wildman–Crippen MR) is 72.9 cm³/mol. The normalized spacial score (nSPS) is 17.8. The van der Waals surface area contributed by atoms with Crippen LogP contribution >= 0.6 is 0 Å². The van der Waals surface area contributed by atoms with E-state index in [-0.39, 0.29) is 0 Å². The van der Waals surface area contributed by atoms with Gasteiger partial charge in [0.15, 0.2) is 0 Å². The van der Waals surface area contributed by atoms with E-state index in [0.717, 1.165) is 18.4 Å². The van der Waals surface area contributed by atoms with Crippen molar-refractivity contribution in [2.75, 3.05) is 13.1 Å². The maximum atomic E-state index is 12.4. The van der Waals surface area contributed by atoms with Gasteiger partial charge in [0.1, 0.15) is 0 Å². The number of hydrogen-bond donors (Lipinski definition) is 0. The van der Waals surface area contributed by atoms with Gasteiger partial charge in [0.05, 0.1) is 4.90 Å². The molecule has 0 aliphatic carbocycles. The first-order valence-corrected chi connectivity index (χ1v) is 7.69. The summed E-state index contributed by atoms with van der Waals surface area (Å²) in [5.74, 6) is 0. The van der Waals surface area contributed by atoms with Crippen molar-refractivity contribution >= 4 is 10.0 Å². The number of rotatable bonds is 2. The number of allylic oxidation sites excluding steroid dienone is 1. The topological polar surface area (TPSA) is 37.4 Å². The molecule has 0 spiro atoms. The van der Waals surface area contributed by atoms with Gasteiger partial charge in [-0.2, -0.15) is 4.31 Å². The van der Waals surface area contributed by atoms with Gasteiger partial charge in [0.25, 0.3) is 0 Å². The van der Waals surface area contributed by atoms with Crippen molar-refractivity contribution in [2.24, 2.45) is 0 Å². The largest absolute Gasteiger partial charge is 0.243 e. The fourth-order valence-electron chi connectivity index (χ4n) is 2.16. The van der Waals surface area contributed by atoms with Gasteiger partial charge in [-0.3, -0.25) is 0 Å². The summed E-state index contributed by atoms with van der Waals surface area (Å²) in [4.78, 5) is 0.400. The van der Waals surface area contributed by atoms with Gasteiger partial charge in [-0.15, -0.1) is 0 Å². The summed E-state index contributed by atoms with van der Waals surface area (Å²) in [7, 11) is -3.30. The summed E-state index contributed by atoms with van der Waals surface area (Å²) in [6.07, 6.45) is 3.79. The van der Waals surface area contributed by atoms with Crippen LogP contribution in [0.5, 0.6) is 0 Å². The fraction of sp³-hybridized carbons (Fsp3) is 0.429. The molecule has 0 saturated carbocycles. The summed E-state index contributed by atoms with van der Waals surface area (Å²) in [5, 5.41) is 0. The third-order valence-corrected chi connectivity index (χ3v) is 5.34. The molecule has 1 heterocycles. The Bertz CT molecular complexity index is 534. The van der Waals surface area contributed by atoms with E-state index < -0.39 is 10.0 Å². The fourth-order valence-corrected chi connectivity index (χ4v) is 3.60. The van der Waals surface area contributed by atoms with E-state index >= 15 is 0 Å². The lowest BCUT2D eigenvalue weighted by Crippen LogP contribution is -2.36. The monoisotopic (exact) mass is 265 g/mol. The van der Waals surface area contributed by atoms with E-state index in [4.69, 9.17) is 0 Å². The average molecular weight is 265 g/mol. The van der Waals surface area contributed by atoms with E-state index in [1.54, 1.807) is 16.4 Å². The van der Waals surface area contributed by atoms with Crippen LogP contribution in [0.3, 0.4) is 0 Å². The molecule has 2 rings (SSSR count). The second-order valence-electron chi connectivity index (χ2n) is 4.66. The lowest BCUT2D eigenvalue weighted by Gasteiger charge is -2.27. The van der Waals surface area contributed by atoms with Crippen LogP contribution in [0, 0.1) is 6.92 Å². The number of nitrogens with zero attached hydrogens (tertiary/aromatic N) is 1. The van der Waals surface area contributed by atoms with E-state index in [0.29, 0.717) is 18.0 Å². The summed E-state index contributed by atoms with van der Waals surface area (Å²) in [5.41, 5.74) is 2.43. The zero-order valence-corrected chi connectivity index (χ0v) is 11.7. The molecule has 98 valence electrons. The quantitative estimate of drug-likeness (QED) is 0.771. The van der Waals surface area contributed by atoms with E-state index in [2.05, 4.69) is 6.08 Å². The van der Waals surface area contributed by atoms with Gasteiger partial charge >= 0.3 is 0 Å². The van der Waals surface area contributed by atoms with Gasteiger partial charge in [0.2, 0.25) is 10.0 Å². The molecule has 1 saturated heterocycles. The Morgan fingerprint density at radius 1 is 1.11 bits per heavy atom. The molecule has 0 bridgehead atoms. The van der Waals surface area contributed by atoms with Crippen molar-refractivity contribution in [3.05, 3.63) is 41.5 Å². The number of sulfonamides is 1. The van der Waals surface area contributed by atoms with E-state index in [9.17, 15) is 8.42 Å². The maximum absolute atomic E-state index is 12.4. The molecule has 1 aromatic carbocycles. The van der Waals surface area contributed by atoms with Crippen molar-refractivity contribution in [3.63, 3.8) is 0 Å². The van der Waals surface area contributed by atoms with Crippen LogP contribution in [0.2, 0.25) is 0 Å². The second-order valence-corrected chi connectivity index (χ2v) is 6.60. The number of aryl methyl sites for hydroxylation is 1. The molecule has 4 heteroatoms. The zero-order chi connectivity index (χ0) is 13.2. The summed E-state index contributed by atoms with van der Waals surface area (Å²) < 4.78 is 26.4. The SMILES string of the molecule is CC=C1CCN(S(=O)(=O)c2ccc(C)cc2)CC1. The highest BCUT2D eigenvalue weighted by Gasteiger charge is 2.26. The lowest BCUT2D eigenvalue weighted by atomic mass is 10.1. The molecule has 0 amide bonds. The minimum atomic E-state index is -3.30. The van der Waals surface area contributed by atoms with Gasteiger partial charge in [-0.25, -0.2) is 8.42 Å². The number of piperidine rings is 1. The molecule has 3 nitrogen and oxygen atoms in total. The summed E-state index contributed by atoms with van der Waals surface area (Å²) in [6.45, 7) is 5.15. The highest BCUT2D eigenvalue weighted by molar-refractivity contribution is 7.89. The highest BCUT2D eigenvalue weighted by Crippen LogP contribution is 2.23. The van der Waals surface area contributed by atoms with Crippen molar-refractivity contribution in [3.8, 4) is 0 Å². The maximum Gasteiger partial charge on any atom is 0.243 e. The van der Waals surface area contributed by atoms with E-state index in [1.807, 2.05) is 26.0 Å². The van der Waals surface area contributed by atoms with Gasteiger partial charge in [-0.05, 0) is 38.8 Å². The molecule has 0 unspecified atom stereocenters. The van der Waals surface area contributed by atoms with Gasteiger partial charge in [-0.1, -0.05) is 29.3 Å². The van der Waals surface area contributed by atoms with Crippen LogP contribution in [-0.4, -0.2) is 25.8 Å². The van der Waals surface area contributed by atoms with Gasteiger partial charge in [0, 0.05) is 13.1 Å². The third-order valence-electron chi connectivity index (χ3n) is 3.43. The zero-order valence-electron chi connectivity index (χ0n) is 10.9. The smallest absolute Gasteiger partial charge is 0.207 e. The van der Waals surface area contributed by atoms with Crippen LogP contribution in [0.4, 0.5) is 0 Å². The van der Waals surface area contributed by atoms with Crippen molar-refractivity contribution in [1.82, 2.24) is 4.31 Å². The van der Waals surface area contributed by atoms with Crippen LogP contribution in [-0.2, 0) is 10.0 Å². The Morgan fingerprint density at radius 3 is 2.17 bits per heavy atom. The molecular weight excluding hydrogens is 246 g/mol. The van der Waals surface area contributed by atoms with Crippen molar-refractivity contribution < 1.29 is 8.42 Å². The molecule has 0 aromatic heterocycles. The lowest BCUT2D eigenvalue weighted by molar-refractivity contribution is 0.386. The number of benzene rings is 1. The Hall–Kier alpha value is -1.13. The summed E-state index contributed by atoms with van der Waals surface area (Å²) in [6, 6.07) is 7.06. The molecule has 1 fully saturated rings. The molecule has 0 atom stereocenters. The van der Waals surface area contributed by atoms with Crippen LogP contribution in [0.25, 0.3) is 0 Å². The Morgan fingerprint density at radius 2 is 1.67 bits per heavy atom. The average Bonchev–Trinajstić information content (AvgIpc) is 2.39. The second kappa shape index (κ2) is 5.24. The standard InChI is InChI=1S/C14H19NO2S/c1-3-13-8-10-15(11-9-13)18(16,17)14-6-4-12(2)5-7-14/h3-7H,8-11H2,1-2H3. The first kappa shape index (κ1) is 13.3. The number of hydrogen-bond acceptors (Lipinski definition) is 2. The molecule has 0 radical (unpaired) electrons. The van der Waals surface area contributed by atoms with Crippen LogP contribution < -0.4 is 0 Å². The van der Waals surface area contributed by atoms with Crippen LogP contribution in [0.15, 0.2) is 40.8 Å². The first-order chi connectivity index (χ1) is 8.54. The molecule has 1 aliphatic heterocycles.